The topological polar surface area (TPSA) is 15.3 Å². The van der Waals surface area contributed by atoms with Crippen molar-refractivity contribution >= 4 is 11.8 Å². The zero-order valence-corrected chi connectivity index (χ0v) is 13.7. The third kappa shape index (κ3) is 5.47. The molecule has 1 aliphatic rings. The summed E-state index contributed by atoms with van der Waals surface area (Å²) in [5.74, 6) is 2.02. The molecule has 0 radical (unpaired) electrons. The van der Waals surface area contributed by atoms with Gasteiger partial charge in [0.05, 0.1) is 0 Å². The van der Waals surface area contributed by atoms with Crippen LogP contribution < -0.4 is 5.32 Å². The standard InChI is InChI=1S/C17H28N2S/c1-15(2)19(14-16-7-6-10-18-13-16)11-12-20-17-8-4-3-5-9-17/h3-5,8-9,15-16,18H,6-7,10-14H2,1-2H3. The highest BCUT2D eigenvalue weighted by molar-refractivity contribution is 7.99. The molecule has 1 aromatic rings. The maximum atomic E-state index is 3.53. The normalized spacial score (nSPS) is 19.7. The van der Waals surface area contributed by atoms with E-state index < -0.39 is 0 Å². The van der Waals surface area contributed by atoms with Crippen LogP contribution in [0.3, 0.4) is 0 Å². The van der Waals surface area contributed by atoms with Gasteiger partial charge in [-0.15, -0.1) is 11.8 Å². The summed E-state index contributed by atoms with van der Waals surface area (Å²) in [6.07, 6.45) is 2.73. The molecule has 0 saturated carbocycles. The highest BCUT2D eigenvalue weighted by atomic mass is 32.2. The summed E-state index contributed by atoms with van der Waals surface area (Å²) in [6, 6.07) is 11.4. The lowest BCUT2D eigenvalue weighted by Crippen LogP contribution is -2.42. The van der Waals surface area contributed by atoms with Crippen molar-refractivity contribution in [1.82, 2.24) is 10.2 Å². The Balaban J connectivity index is 1.74. The summed E-state index contributed by atoms with van der Waals surface area (Å²) in [7, 11) is 0. The minimum atomic E-state index is 0.647. The fraction of sp³-hybridized carbons (Fsp3) is 0.647. The highest BCUT2D eigenvalue weighted by Crippen LogP contribution is 2.19. The second-order valence-electron chi connectivity index (χ2n) is 5.96. The van der Waals surface area contributed by atoms with Crippen molar-refractivity contribution in [1.29, 1.82) is 0 Å². The number of benzene rings is 1. The zero-order valence-electron chi connectivity index (χ0n) is 12.8. The third-order valence-corrected chi connectivity index (χ3v) is 5.00. The molecule has 3 heteroatoms. The number of hydrogen-bond donors (Lipinski definition) is 1. The highest BCUT2D eigenvalue weighted by Gasteiger charge is 2.18. The molecule has 112 valence electrons. The molecule has 2 nitrogen and oxygen atoms in total. The Labute approximate surface area is 128 Å². The van der Waals surface area contributed by atoms with Crippen LogP contribution in [0, 0.1) is 5.92 Å². The average molecular weight is 292 g/mol. The first-order valence-electron chi connectivity index (χ1n) is 7.88. The molecule has 1 atom stereocenters. The van der Waals surface area contributed by atoms with Gasteiger partial charge in [0, 0.05) is 29.8 Å². The summed E-state index contributed by atoms with van der Waals surface area (Å²) in [5, 5.41) is 3.53. The number of hydrogen-bond acceptors (Lipinski definition) is 3. The summed E-state index contributed by atoms with van der Waals surface area (Å²) in [5.41, 5.74) is 0. The van der Waals surface area contributed by atoms with Crippen LogP contribution >= 0.6 is 11.8 Å². The smallest absolute Gasteiger partial charge is 0.0108 e. The van der Waals surface area contributed by atoms with Crippen molar-refractivity contribution < 1.29 is 0 Å². The molecule has 1 fully saturated rings. The molecule has 1 aromatic carbocycles. The van der Waals surface area contributed by atoms with Gasteiger partial charge in [0.2, 0.25) is 0 Å². The van der Waals surface area contributed by atoms with E-state index in [1.54, 1.807) is 0 Å². The lowest BCUT2D eigenvalue weighted by atomic mass is 9.98. The number of rotatable bonds is 7. The quantitative estimate of drug-likeness (QED) is 0.775. The molecule has 1 unspecified atom stereocenters. The van der Waals surface area contributed by atoms with Gasteiger partial charge in [0.1, 0.15) is 0 Å². The van der Waals surface area contributed by atoms with E-state index in [2.05, 4.69) is 54.4 Å². The third-order valence-electron chi connectivity index (χ3n) is 4.01. The fourth-order valence-corrected chi connectivity index (χ4v) is 3.68. The lowest BCUT2D eigenvalue weighted by Gasteiger charge is -2.32. The van der Waals surface area contributed by atoms with Gasteiger partial charge in [-0.25, -0.2) is 0 Å². The maximum absolute atomic E-state index is 3.53. The van der Waals surface area contributed by atoms with Crippen molar-refractivity contribution in [3.05, 3.63) is 30.3 Å². The number of thioether (sulfide) groups is 1. The van der Waals surface area contributed by atoms with Crippen LogP contribution in [0.5, 0.6) is 0 Å². The van der Waals surface area contributed by atoms with Crippen LogP contribution in [0.2, 0.25) is 0 Å². The Kier molecular flexibility index (Phi) is 6.91. The molecule has 1 N–H and O–H groups in total. The molecule has 1 saturated heterocycles. The van der Waals surface area contributed by atoms with Gasteiger partial charge >= 0.3 is 0 Å². The molecular formula is C17H28N2S. The minimum Gasteiger partial charge on any atom is -0.316 e. The first-order chi connectivity index (χ1) is 9.75. The molecule has 0 aliphatic carbocycles. The van der Waals surface area contributed by atoms with Crippen LogP contribution in [-0.4, -0.2) is 42.9 Å². The Morgan fingerprint density at radius 3 is 2.75 bits per heavy atom. The molecule has 1 aliphatic heterocycles. The van der Waals surface area contributed by atoms with E-state index in [9.17, 15) is 0 Å². The van der Waals surface area contributed by atoms with Crippen molar-refractivity contribution in [3.63, 3.8) is 0 Å². The second-order valence-corrected chi connectivity index (χ2v) is 7.13. The van der Waals surface area contributed by atoms with Crippen LogP contribution in [0.15, 0.2) is 35.2 Å². The molecule has 1 heterocycles. The molecule has 20 heavy (non-hydrogen) atoms. The van der Waals surface area contributed by atoms with Crippen molar-refractivity contribution in [2.24, 2.45) is 5.92 Å². The Morgan fingerprint density at radius 1 is 1.30 bits per heavy atom. The summed E-state index contributed by atoms with van der Waals surface area (Å²) >= 11 is 1.97. The largest absolute Gasteiger partial charge is 0.316 e. The molecule has 0 spiro atoms. The monoisotopic (exact) mass is 292 g/mol. The second kappa shape index (κ2) is 8.71. The van der Waals surface area contributed by atoms with Crippen LogP contribution in [-0.2, 0) is 0 Å². The van der Waals surface area contributed by atoms with E-state index >= 15 is 0 Å². The van der Waals surface area contributed by atoms with Gasteiger partial charge in [-0.05, 0) is 57.8 Å². The van der Waals surface area contributed by atoms with Crippen molar-refractivity contribution in [2.75, 3.05) is 31.9 Å². The van der Waals surface area contributed by atoms with Crippen LogP contribution in [0.4, 0.5) is 0 Å². The number of nitrogens with one attached hydrogen (secondary N) is 1. The average Bonchev–Trinajstić information content (AvgIpc) is 2.48. The molecule has 0 bridgehead atoms. The summed E-state index contributed by atoms with van der Waals surface area (Å²) in [4.78, 5) is 4.03. The van der Waals surface area contributed by atoms with Crippen LogP contribution in [0.25, 0.3) is 0 Å². The predicted molar refractivity (Wildman–Crippen MR) is 89.5 cm³/mol. The van der Waals surface area contributed by atoms with E-state index in [4.69, 9.17) is 0 Å². The zero-order chi connectivity index (χ0) is 14.2. The van der Waals surface area contributed by atoms with Crippen LogP contribution in [0.1, 0.15) is 26.7 Å². The first kappa shape index (κ1) is 15.9. The Morgan fingerprint density at radius 2 is 2.10 bits per heavy atom. The van der Waals surface area contributed by atoms with E-state index in [0.717, 1.165) is 5.92 Å². The first-order valence-corrected chi connectivity index (χ1v) is 8.87. The Hall–Kier alpha value is -0.510. The van der Waals surface area contributed by atoms with E-state index in [1.165, 1.54) is 49.7 Å². The predicted octanol–water partition coefficient (Wildman–Crippen LogP) is 3.49. The maximum Gasteiger partial charge on any atom is 0.0108 e. The fourth-order valence-electron chi connectivity index (χ4n) is 2.77. The van der Waals surface area contributed by atoms with Gasteiger partial charge < -0.3 is 5.32 Å². The van der Waals surface area contributed by atoms with Gasteiger partial charge in [-0.2, -0.15) is 0 Å². The van der Waals surface area contributed by atoms with Gasteiger partial charge in [0.25, 0.3) is 0 Å². The minimum absolute atomic E-state index is 0.647. The van der Waals surface area contributed by atoms with Crippen molar-refractivity contribution in [2.45, 2.75) is 37.6 Å². The SMILES string of the molecule is CC(C)N(CCSc1ccccc1)CC1CCCNC1. The molecule has 0 aromatic heterocycles. The van der Waals surface area contributed by atoms with E-state index in [1.807, 2.05) is 11.8 Å². The molecular weight excluding hydrogens is 264 g/mol. The van der Waals surface area contributed by atoms with E-state index in [-0.39, 0.29) is 0 Å². The van der Waals surface area contributed by atoms with E-state index in [0.29, 0.717) is 6.04 Å². The number of nitrogens with zero attached hydrogens (tertiary/aromatic N) is 1. The molecule has 2 rings (SSSR count). The summed E-state index contributed by atoms with van der Waals surface area (Å²) in [6.45, 7) is 9.50. The Bertz CT molecular complexity index is 361. The molecule has 0 amide bonds. The van der Waals surface area contributed by atoms with Gasteiger partial charge in [-0.1, -0.05) is 18.2 Å². The van der Waals surface area contributed by atoms with Crippen molar-refractivity contribution in [3.8, 4) is 0 Å². The summed E-state index contributed by atoms with van der Waals surface area (Å²) < 4.78 is 0. The van der Waals surface area contributed by atoms with Gasteiger partial charge in [0.15, 0.2) is 0 Å². The lowest BCUT2D eigenvalue weighted by molar-refractivity contribution is 0.181. The number of piperidine rings is 1. The van der Waals surface area contributed by atoms with Gasteiger partial charge in [-0.3, -0.25) is 4.90 Å².